The van der Waals surface area contributed by atoms with Crippen LogP contribution in [0.15, 0.2) is 72.9 Å². The van der Waals surface area contributed by atoms with Gasteiger partial charge >= 0.3 is 0 Å². The Morgan fingerprint density at radius 1 is 1.00 bits per heavy atom. The summed E-state index contributed by atoms with van der Waals surface area (Å²) in [5, 5.41) is 2.93. The van der Waals surface area contributed by atoms with Gasteiger partial charge in [-0.05, 0) is 74.1 Å². The van der Waals surface area contributed by atoms with Gasteiger partial charge in [0.05, 0.1) is 17.2 Å². The van der Waals surface area contributed by atoms with Crippen molar-refractivity contribution in [2.75, 3.05) is 37.4 Å². The predicted molar refractivity (Wildman–Crippen MR) is 134 cm³/mol. The number of carbonyl (C=O) groups excluding carboxylic acids is 1. The topological polar surface area (TPSA) is 61.4 Å². The zero-order valence-electron chi connectivity index (χ0n) is 19.2. The minimum Gasteiger partial charge on any atom is -0.354 e. The van der Waals surface area contributed by atoms with E-state index < -0.39 is 0 Å². The molecular weight excluding hydrogens is 429 g/mol. The summed E-state index contributed by atoms with van der Waals surface area (Å²) >= 11 is 0. The molecule has 6 nitrogen and oxygen atoms in total. The summed E-state index contributed by atoms with van der Waals surface area (Å²) in [4.78, 5) is 26.6. The van der Waals surface area contributed by atoms with Gasteiger partial charge in [-0.2, -0.15) is 0 Å². The molecule has 1 fully saturated rings. The average Bonchev–Trinajstić information content (AvgIpc) is 3.35. The lowest BCUT2D eigenvalue weighted by molar-refractivity contribution is 0.102. The highest BCUT2D eigenvalue weighted by Gasteiger charge is 2.25. The molecule has 1 saturated heterocycles. The number of benzene rings is 3. The van der Waals surface area contributed by atoms with Crippen LogP contribution in [0.2, 0.25) is 0 Å². The van der Waals surface area contributed by atoms with E-state index in [2.05, 4.69) is 34.2 Å². The van der Waals surface area contributed by atoms with Gasteiger partial charge in [0.15, 0.2) is 0 Å². The normalized spacial score (nSPS) is 15.8. The maximum Gasteiger partial charge on any atom is 0.255 e. The van der Waals surface area contributed by atoms with Crippen LogP contribution in [0.25, 0.3) is 22.2 Å². The Morgan fingerprint density at radius 2 is 1.71 bits per heavy atom. The molecule has 1 atom stereocenters. The Bertz CT molecular complexity index is 1320. The number of likely N-dealkylation sites (N-methyl/N-ethyl adjacent to an activating group) is 1. The molecule has 34 heavy (non-hydrogen) atoms. The predicted octanol–water partition coefficient (Wildman–Crippen LogP) is 4.83. The molecule has 0 radical (unpaired) electrons. The number of nitrogens with one attached hydrogen (secondary N) is 1. The fraction of sp³-hybridized carbons (Fsp3) is 0.222. The smallest absolute Gasteiger partial charge is 0.255 e. The van der Waals surface area contributed by atoms with E-state index in [9.17, 15) is 9.18 Å². The third kappa shape index (κ3) is 4.61. The summed E-state index contributed by atoms with van der Waals surface area (Å²) in [5.41, 5.74) is 4.55. The molecule has 1 amide bonds. The molecule has 5 rings (SSSR count). The highest BCUT2D eigenvalue weighted by molar-refractivity contribution is 6.05. The molecule has 0 saturated carbocycles. The zero-order valence-corrected chi connectivity index (χ0v) is 19.2. The van der Waals surface area contributed by atoms with Crippen LogP contribution >= 0.6 is 0 Å². The Morgan fingerprint density at radius 3 is 2.38 bits per heavy atom. The summed E-state index contributed by atoms with van der Waals surface area (Å²) < 4.78 is 13.1. The van der Waals surface area contributed by atoms with Crippen LogP contribution in [0.1, 0.15) is 16.8 Å². The number of rotatable bonds is 5. The van der Waals surface area contributed by atoms with E-state index in [4.69, 9.17) is 4.98 Å². The van der Waals surface area contributed by atoms with Crippen molar-refractivity contribution < 1.29 is 9.18 Å². The van der Waals surface area contributed by atoms with E-state index in [0.29, 0.717) is 17.3 Å². The second-order valence-electron chi connectivity index (χ2n) is 8.82. The number of anilines is 2. The molecule has 1 N–H and O–H groups in total. The van der Waals surface area contributed by atoms with Crippen molar-refractivity contribution in [1.29, 1.82) is 0 Å². The third-order valence-corrected chi connectivity index (χ3v) is 6.33. The highest BCUT2D eigenvalue weighted by atomic mass is 19.1. The van der Waals surface area contributed by atoms with Crippen molar-refractivity contribution in [3.8, 4) is 11.1 Å². The Labute approximate surface area is 198 Å². The van der Waals surface area contributed by atoms with Crippen LogP contribution in [0.3, 0.4) is 0 Å². The second kappa shape index (κ2) is 9.19. The maximum atomic E-state index is 13.1. The molecular formula is C27H26FN5O. The molecule has 0 unspecified atom stereocenters. The van der Waals surface area contributed by atoms with Gasteiger partial charge in [-0.15, -0.1) is 0 Å². The van der Waals surface area contributed by atoms with Crippen molar-refractivity contribution in [3.63, 3.8) is 0 Å². The lowest BCUT2D eigenvalue weighted by atomic mass is 10.0. The van der Waals surface area contributed by atoms with Crippen LogP contribution in [-0.2, 0) is 0 Å². The van der Waals surface area contributed by atoms with Crippen LogP contribution < -0.4 is 10.2 Å². The number of aromatic nitrogens is 2. The minimum absolute atomic E-state index is 0.207. The summed E-state index contributed by atoms with van der Waals surface area (Å²) in [6, 6.07) is 19.6. The zero-order chi connectivity index (χ0) is 23.7. The Balaban J connectivity index is 1.28. The van der Waals surface area contributed by atoms with Crippen LogP contribution in [0.4, 0.5) is 15.9 Å². The molecule has 4 aromatic rings. The molecule has 172 valence electrons. The van der Waals surface area contributed by atoms with E-state index in [1.165, 1.54) is 12.1 Å². The first-order valence-corrected chi connectivity index (χ1v) is 11.3. The number of nitrogens with zero attached hydrogens (tertiary/aromatic N) is 4. The van der Waals surface area contributed by atoms with Gasteiger partial charge in [0, 0.05) is 30.4 Å². The molecule has 0 spiro atoms. The van der Waals surface area contributed by atoms with E-state index in [-0.39, 0.29) is 11.7 Å². The number of hydrogen-bond acceptors (Lipinski definition) is 5. The van der Waals surface area contributed by atoms with Crippen molar-refractivity contribution in [2.24, 2.45) is 0 Å². The lowest BCUT2D eigenvalue weighted by Gasteiger charge is -2.21. The first-order chi connectivity index (χ1) is 16.5. The summed E-state index contributed by atoms with van der Waals surface area (Å²) in [6.07, 6.45) is 2.92. The van der Waals surface area contributed by atoms with E-state index >= 15 is 0 Å². The minimum atomic E-state index is -0.273. The summed E-state index contributed by atoms with van der Waals surface area (Å²) in [7, 11) is 4.21. The third-order valence-electron chi connectivity index (χ3n) is 6.33. The number of halogens is 1. The Kier molecular flexibility index (Phi) is 5.94. The van der Waals surface area contributed by atoms with E-state index in [1.807, 2.05) is 30.3 Å². The van der Waals surface area contributed by atoms with Crippen molar-refractivity contribution in [3.05, 3.63) is 84.3 Å². The Hall–Kier alpha value is -3.84. The van der Waals surface area contributed by atoms with Crippen molar-refractivity contribution in [2.45, 2.75) is 12.5 Å². The second-order valence-corrected chi connectivity index (χ2v) is 8.82. The van der Waals surface area contributed by atoms with Crippen molar-refractivity contribution in [1.82, 2.24) is 14.9 Å². The SMILES string of the molecule is CN(C)[C@H]1CCN(c2cnc3cc(NC(=O)c4ccc(-c5ccc(F)cc5)cc4)ccc3n2)C1. The molecule has 0 aliphatic carbocycles. The van der Waals surface area contributed by atoms with Gasteiger partial charge in [0.25, 0.3) is 5.91 Å². The lowest BCUT2D eigenvalue weighted by Crippen LogP contribution is -2.31. The van der Waals surface area contributed by atoms with E-state index in [0.717, 1.165) is 47.5 Å². The highest BCUT2D eigenvalue weighted by Crippen LogP contribution is 2.24. The van der Waals surface area contributed by atoms with Gasteiger partial charge < -0.3 is 15.1 Å². The number of amides is 1. The van der Waals surface area contributed by atoms with Gasteiger partial charge in [-0.1, -0.05) is 24.3 Å². The quantitative estimate of drug-likeness (QED) is 0.467. The summed E-state index contributed by atoms with van der Waals surface area (Å²) in [5.74, 6) is 0.404. The molecule has 1 aliphatic heterocycles. The summed E-state index contributed by atoms with van der Waals surface area (Å²) in [6.45, 7) is 1.92. The van der Waals surface area contributed by atoms with E-state index in [1.54, 1.807) is 30.5 Å². The molecule has 0 bridgehead atoms. The monoisotopic (exact) mass is 455 g/mol. The first kappa shape index (κ1) is 22.0. The molecule has 1 aromatic heterocycles. The maximum absolute atomic E-state index is 13.1. The number of hydrogen-bond donors (Lipinski definition) is 1. The van der Waals surface area contributed by atoms with Crippen molar-refractivity contribution >= 4 is 28.4 Å². The van der Waals surface area contributed by atoms with Crippen LogP contribution in [0.5, 0.6) is 0 Å². The van der Waals surface area contributed by atoms with Gasteiger partial charge in [-0.3, -0.25) is 9.78 Å². The van der Waals surface area contributed by atoms with Crippen LogP contribution in [0, 0.1) is 5.82 Å². The average molecular weight is 456 g/mol. The van der Waals surface area contributed by atoms with Crippen LogP contribution in [-0.4, -0.2) is 54.0 Å². The fourth-order valence-electron chi connectivity index (χ4n) is 4.26. The fourth-order valence-corrected chi connectivity index (χ4v) is 4.26. The standard InChI is InChI=1S/C27H26FN5O/c1-32(2)23-13-14-33(17-23)26-16-29-25-15-22(11-12-24(25)31-26)30-27(34)20-5-3-18(4-6-20)19-7-9-21(28)10-8-19/h3-12,15-16,23H,13-14,17H2,1-2H3,(H,30,34)/t23-/m0/s1. The molecule has 1 aliphatic rings. The molecule has 2 heterocycles. The van der Waals surface area contributed by atoms with Gasteiger partial charge in [0.1, 0.15) is 11.6 Å². The number of fused-ring (bicyclic) bond motifs is 1. The molecule has 3 aromatic carbocycles. The van der Waals surface area contributed by atoms with Gasteiger partial charge in [-0.25, -0.2) is 9.37 Å². The number of carbonyl (C=O) groups is 1. The molecule has 7 heteroatoms. The van der Waals surface area contributed by atoms with Gasteiger partial charge in [0.2, 0.25) is 0 Å². The first-order valence-electron chi connectivity index (χ1n) is 11.3. The largest absolute Gasteiger partial charge is 0.354 e.